The molecule has 0 amide bonds. The first-order valence-corrected chi connectivity index (χ1v) is 8.48. The van der Waals surface area contributed by atoms with Crippen molar-refractivity contribution in [2.24, 2.45) is 17.3 Å². The molecule has 124 valence electrons. The SMILES string of the molecule is CC(C)=C(C(=O)OC(C)(C)C)[C@H]1CC[C@]2(C)CCCC(=O)[C@H]12. The Hall–Kier alpha value is -1.12. The number of carbonyl (C=O) groups is 2. The van der Waals surface area contributed by atoms with Crippen LogP contribution in [0, 0.1) is 17.3 Å². The largest absolute Gasteiger partial charge is 0.457 e. The maximum atomic E-state index is 12.7. The summed E-state index contributed by atoms with van der Waals surface area (Å²) in [7, 11) is 0. The predicted molar refractivity (Wildman–Crippen MR) is 87.4 cm³/mol. The van der Waals surface area contributed by atoms with E-state index in [0.717, 1.165) is 36.8 Å². The van der Waals surface area contributed by atoms with E-state index in [1.807, 2.05) is 34.6 Å². The van der Waals surface area contributed by atoms with Crippen LogP contribution in [0.15, 0.2) is 11.1 Å². The average molecular weight is 306 g/mol. The Kier molecular flexibility index (Phi) is 4.56. The highest BCUT2D eigenvalue weighted by Gasteiger charge is 2.52. The van der Waals surface area contributed by atoms with E-state index >= 15 is 0 Å². The smallest absolute Gasteiger partial charge is 0.334 e. The van der Waals surface area contributed by atoms with E-state index in [9.17, 15) is 9.59 Å². The molecule has 0 aromatic heterocycles. The van der Waals surface area contributed by atoms with Gasteiger partial charge < -0.3 is 4.74 Å². The fourth-order valence-electron chi connectivity index (χ4n) is 4.38. The predicted octanol–water partition coefficient (Wildman–Crippen LogP) is 4.45. The first-order valence-electron chi connectivity index (χ1n) is 8.48. The van der Waals surface area contributed by atoms with Crippen molar-refractivity contribution >= 4 is 11.8 Å². The lowest BCUT2D eigenvalue weighted by atomic mass is 9.65. The molecule has 2 aliphatic rings. The number of Topliss-reactive ketones (excluding diaryl/α,β-unsaturated/α-hetero) is 1. The molecule has 22 heavy (non-hydrogen) atoms. The molecule has 0 radical (unpaired) electrons. The Morgan fingerprint density at radius 3 is 2.41 bits per heavy atom. The average Bonchev–Trinajstić information content (AvgIpc) is 2.65. The molecule has 0 aliphatic heterocycles. The fourth-order valence-corrected chi connectivity index (χ4v) is 4.38. The molecule has 2 fully saturated rings. The normalized spacial score (nSPS) is 31.6. The lowest BCUT2D eigenvalue weighted by molar-refractivity contribution is -0.151. The number of ether oxygens (including phenoxy) is 1. The molecular weight excluding hydrogens is 276 g/mol. The van der Waals surface area contributed by atoms with Gasteiger partial charge in [0.15, 0.2) is 0 Å². The van der Waals surface area contributed by atoms with Crippen LogP contribution in [0.2, 0.25) is 0 Å². The van der Waals surface area contributed by atoms with Gasteiger partial charge in [-0.05, 0) is 65.7 Å². The van der Waals surface area contributed by atoms with Crippen molar-refractivity contribution in [3.8, 4) is 0 Å². The van der Waals surface area contributed by atoms with Gasteiger partial charge in [0.2, 0.25) is 0 Å². The molecular formula is C19H30O3. The Morgan fingerprint density at radius 1 is 1.23 bits per heavy atom. The Balaban J connectivity index is 2.33. The maximum absolute atomic E-state index is 12.7. The molecule has 0 spiro atoms. The third kappa shape index (κ3) is 3.28. The molecule has 3 heteroatoms. The minimum Gasteiger partial charge on any atom is -0.457 e. The topological polar surface area (TPSA) is 43.4 Å². The molecule has 0 N–H and O–H groups in total. The Morgan fingerprint density at radius 2 is 1.86 bits per heavy atom. The minimum atomic E-state index is -0.504. The van der Waals surface area contributed by atoms with Crippen molar-refractivity contribution in [3.63, 3.8) is 0 Å². The third-order valence-electron chi connectivity index (χ3n) is 5.23. The second-order valence-electron chi connectivity index (χ2n) is 8.51. The summed E-state index contributed by atoms with van der Waals surface area (Å²) >= 11 is 0. The monoisotopic (exact) mass is 306 g/mol. The van der Waals surface area contributed by atoms with Crippen molar-refractivity contribution in [1.82, 2.24) is 0 Å². The highest BCUT2D eigenvalue weighted by Crippen LogP contribution is 2.55. The summed E-state index contributed by atoms with van der Waals surface area (Å²) in [6, 6.07) is 0. The molecule has 0 heterocycles. The van der Waals surface area contributed by atoms with Crippen LogP contribution in [0.3, 0.4) is 0 Å². The van der Waals surface area contributed by atoms with E-state index in [-0.39, 0.29) is 23.2 Å². The number of hydrogen-bond acceptors (Lipinski definition) is 3. The number of rotatable bonds is 2. The van der Waals surface area contributed by atoms with Gasteiger partial charge in [-0.3, -0.25) is 4.79 Å². The number of ketones is 1. The molecule has 3 atom stereocenters. The number of carbonyl (C=O) groups excluding carboxylic acids is 2. The number of allylic oxidation sites excluding steroid dienone is 1. The summed E-state index contributed by atoms with van der Waals surface area (Å²) in [5.41, 5.74) is 1.31. The summed E-state index contributed by atoms with van der Waals surface area (Å²) in [6.45, 7) is 11.8. The van der Waals surface area contributed by atoms with Crippen molar-refractivity contribution in [2.75, 3.05) is 0 Å². The summed E-state index contributed by atoms with van der Waals surface area (Å²) in [6.07, 6.45) is 4.72. The third-order valence-corrected chi connectivity index (χ3v) is 5.23. The van der Waals surface area contributed by atoms with Crippen LogP contribution < -0.4 is 0 Å². The van der Waals surface area contributed by atoms with Crippen LogP contribution >= 0.6 is 0 Å². The van der Waals surface area contributed by atoms with Gasteiger partial charge >= 0.3 is 5.97 Å². The lowest BCUT2D eigenvalue weighted by Crippen LogP contribution is -2.38. The van der Waals surface area contributed by atoms with Crippen molar-refractivity contribution in [3.05, 3.63) is 11.1 Å². The summed E-state index contributed by atoms with van der Waals surface area (Å²) in [4.78, 5) is 25.2. The zero-order chi connectivity index (χ0) is 16.7. The first kappa shape index (κ1) is 17.2. The Bertz CT molecular complexity index is 505. The molecule has 2 saturated carbocycles. The zero-order valence-electron chi connectivity index (χ0n) is 14.9. The van der Waals surface area contributed by atoms with Crippen LogP contribution in [0.5, 0.6) is 0 Å². The van der Waals surface area contributed by atoms with E-state index in [1.165, 1.54) is 0 Å². The van der Waals surface area contributed by atoms with E-state index in [2.05, 4.69) is 6.92 Å². The lowest BCUT2D eigenvalue weighted by Gasteiger charge is -2.38. The molecule has 0 bridgehead atoms. The van der Waals surface area contributed by atoms with Gasteiger partial charge in [-0.25, -0.2) is 4.79 Å². The van der Waals surface area contributed by atoms with Gasteiger partial charge in [0.05, 0.1) is 0 Å². The fraction of sp³-hybridized carbons (Fsp3) is 0.789. The van der Waals surface area contributed by atoms with Crippen molar-refractivity contribution in [2.45, 2.75) is 79.2 Å². The van der Waals surface area contributed by atoms with E-state index in [1.54, 1.807) is 0 Å². The summed E-state index contributed by atoms with van der Waals surface area (Å²) in [5, 5.41) is 0. The Labute approximate surface area is 134 Å². The highest BCUT2D eigenvalue weighted by molar-refractivity contribution is 5.93. The molecule has 2 rings (SSSR count). The molecule has 0 saturated heterocycles. The van der Waals surface area contributed by atoms with Crippen molar-refractivity contribution < 1.29 is 14.3 Å². The van der Waals surface area contributed by atoms with Crippen LogP contribution in [0.1, 0.15) is 73.6 Å². The van der Waals surface area contributed by atoms with Crippen LogP contribution in [0.25, 0.3) is 0 Å². The molecule has 0 aromatic carbocycles. The van der Waals surface area contributed by atoms with Gasteiger partial charge in [0.1, 0.15) is 11.4 Å². The second-order valence-corrected chi connectivity index (χ2v) is 8.51. The second kappa shape index (κ2) is 5.82. The van der Waals surface area contributed by atoms with E-state index in [0.29, 0.717) is 12.2 Å². The summed E-state index contributed by atoms with van der Waals surface area (Å²) in [5.74, 6) is 0.148. The van der Waals surface area contributed by atoms with Crippen LogP contribution in [0.4, 0.5) is 0 Å². The van der Waals surface area contributed by atoms with Crippen LogP contribution in [-0.4, -0.2) is 17.4 Å². The highest BCUT2D eigenvalue weighted by atomic mass is 16.6. The molecule has 0 unspecified atom stereocenters. The molecule has 3 nitrogen and oxygen atoms in total. The standard InChI is InChI=1S/C19H30O3/c1-12(2)15(17(21)22-18(3,4)5)13-9-11-19(6)10-7-8-14(20)16(13)19/h13,16H,7-11H2,1-6H3/t13-,16+,19+/m1/s1. The van der Waals surface area contributed by atoms with E-state index in [4.69, 9.17) is 4.74 Å². The van der Waals surface area contributed by atoms with E-state index < -0.39 is 5.60 Å². The molecule has 0 aromatic rings. The number of esters is 1. The molecule has 2 aliphatic carbocycles. The summed E-state index contributed by atoms with van der Waals surface area (Å²) < 4.78 is 5.61. The van der Waals surface area contributed by atoms with Gasteiger partial charge in [0, 0.05) is 23.8 Å². The van der Waals surface area contributed by atoms with Gasteiger partial charge in [-0.15, -0.1) is 0 Å². The van der Waals surface area contributed by atoms with Gasteiger partial charge in [-0.1, -0.05) is 12.5 Å². The van der Waals surface area contributed by atoms with Gasteiger partial charge in [-0.2, -0.15) is 0 Å². The minimum absolute atomic E-state index is 0.00123. The maximum Gasteiger partial charge on any atom is 0.334 e. The number of hydrogen-bond donors (Lipinski definition) is 0. The first-order chi connectivity index (χ1) is 10.1. The van der Waals surface area contributed by atoms with Crippen molar-refractivity contribution in [1.29, 1.82) is 0 Å². The zero-order valence-corrected chi connectivity index (χ0v) is 14.9. The van der Waals surface area contributed by atoms with Crippen LogP contribution in [-0.2, 0) is 14.3 Å². The quantitative estimate of drug-likeness (QED) is 0.559. The number of fused-ring (bicyclic) bond motifs is 1. The van der Waals surface area contributed by atoms with Gasteiger partial charge in [0.25, 0.3) is 0 Å².